The van der Waals surface area contributed by atoms with Crippen molar-refractivity contribution >= 4 is 0 Å². The van der Waals surface area contributed by atoms with Crippen LogP contribution in [-0.4, -0.2) is 13.1 Å². The van der Waals surface area contributed by atoms with Gasteiger partial charge >= 0.3 is 0 Å². The molecule has 1 N–H and O–H groups in total. The number of nitrogens with one attached hydrogen (secondary N) is 1. The minimum Gasteiger partial charge on any atom is -0.322 e. The minimum absolute atomic E-state index is 0. The summed E-state index contributed by atoms with van der Waals surface area (Å²) in [5.74, 6) is 1.65. The van der Waals surface area contributed by atoms with E-state index in [0.29, 0.717) is 0 Å². The van der Waals surface area contributed by atoms with E-state index >= 15 is 0 Å². The monoisotopic (exact) mass is 187 g/mol. The SMILES string of the molecule is C[C-]1CCNCC1.[Y]. The second-order valence-corrected chi connectivity index (χ2v) is 2.21. The average molecular weight is 187 g/mol. The quantitative estimate of drug-likeness (QED) is 0.557. The second-order valence-electron chi connectivity index (χ2n) is 2.21. The first-order chi connectivity index (χ1) is 3.39. The molecule has 1 radical (unpaired) electrons. The smallest absolute Gasteiger partial charge is 0 e. The van der Waals surface area contributed by atoms with Crippen LogP contribution in [0.4, 0.5) is 0 Å². The van der Waals surface area contributed by atoms with Gasteiger partial charge < -0.3 is 11.2 Å². The molecule has 1 aliphatic rings. The van der Waals surface area contributed by atoms with E-state index in [0.717, 1.165) is 0 Å². The van der Waals surface area contributed by atoms with Crippen molar-refractivity contribution in [3.8, 4) is 0 Å². The van der Waals surface area contributed by atoms with Crippen molar-refractivity contribution in [3.63, 3.8) is 0 Å². The zero-order valence-electron chi connectivity index (χ0n) is 5.41. The average Bonchev–Trinajstić information content (AvgIpc) is 1.69. The van der Waals surface area contributed by atoms with Crippen LogP contribution in [0.2, 0.25) is 0 Å². The first-order valence-electron chi connectivity index (χ1n) is 2.91. The van der Waals surface area contributed by atoms with Crippen LogP contribution in [0.25, 0.3) is 0 Å². The van der Waals surface area contributed by atoms with Crippen LogP contribution < -0.4 is 5.32 Å². The van der Waals surface area contributed by atoms with Crippen molar-refractivity contribution in [2.45, 2.75) is 19.8 Å². The van der Waals surface area contributed by atoms with Gasteiger partial charge in [-0.15, -0.1) is 0 Å². The Labute approximate surface area is 76.5 Å². The predicted molar refractivity (Wildman–Crippen MR) is 31.0 cm³/mol. The van der Waals surface area contributed by atoms with Crippen LogP contribution in [-0.2, 0) is 32.7 Å². The Hall–Kier alpha value is 1.06. The van der Waals surface area contributed by atoms with Crippen LogP contribution in [0.5, 0.6) is 0 Å². The molecule has 1 nitrogen and oxygen atoms in total. The molecule has 0 spiro atoms. The molecule has 45 valence electrons. The van der Waals surface area contributed by atoms with E-state index in [1.54, 1.807) is 5.92 Å². The Kier molecular flexibility index (Phi) is 5.55. The van der Waals surface area contributed by atoms with Gasteiger partial charge in [0.05, 0.1) is 0 Å². The molecule has 0 saturated carbocycles. The molecular formula is C6H12NY-. The number of hydrogen-bond acceptors (Lipinski definition) is 1. The van der Waals surface area contributed by atoms with E-state index in [1.807, 2.05) is 0 Å². The summed E-state index contributed by atoms with van der Waals surface area (Å²) < 4.78 is 0. The van der Waals surface area contributed by atoms with Gasteiger partial charge in [0.15, 0.2) is 0 Å². The van der Waals surface area contributed by atoms with Gasteiger partial charge in [-0.2, -0.15) is 19.8 Å². The maximum atomic E-state index is 3.29. The molecule has 0 aromatic rings. The largest absolute Gasteiger partial charge is 0.322 e. The fourth-order valence-corrected chi connectivity index (χ4v) is 0.854. The Balaban J connectivity index is 0.000000490. The normalized spacial score (nSPS) is 22.1. The van der Waals surface area contributed by atoms with Crippen molar-refractivity contribution < 1.29 is 32.7 Å². The van der Waals surface area contributed by atoms with Gasteiger partial charge in [-0.25, -0.2) is 0 Å². The molecular weight excluding hydrogens is 175 g/mol. The number of hydrogen-bond donors (Lipinski definition) is 1. The number of piperidine rings is 1. The van der Waals surface area contributed by atoms with E-state index < -0.39 is 0 Å². The topological polar surface area (TPSA) is 12.0 Å². The Bertz CT molecular complexity index is 50.5. The molecule has 0 amide bonds. The molecule has 0 aliphatic carbocycles. The first kappa shape index (κ1) is 9.06. The summed E-state index contributed by atoms with van der Waals surface area (Å²) in [7, 11) is 0. The minimum atomic E-state index is 0. The van der Waals surface area contributed by atoms with Crippen LogP contribution >= 0.6 is 0 Å². The first-order valence-corrected chi connectivity index (χ1v) is 2.91. The maximum absolute atomic E-state index is 3.29. The van der Waals surface area contributed by atoms with E-state index in [2.05, 4.69) is 12.2 Å². The van der Waals surface area contributed by atoms with Crippen LogP contribution in [0.3, 0.4) is 0 Å². The zero-order chi connectivity index (χ0) is 5.11. The van der Waals surface area contributed by atoms with Crippen molar-refractivity contribution in [2.24, 2.45) is 0 Å². The summed E-state index contributed by atoms with van der Waals surface area (Å²) in [6.07, 6.45) is 2.58. The number of rotatable bonds is 0. The molecule has 0 atom stereocenters. The predicted octanol–water partition coefficient (Wildman–Crippen LogP) is 0.962. The van der Waals surface area contributed by atoms with E-state index in [9.17, 15) is 0 Å². The standard InChI is InChI=1S/C6H12N.Y/c1-6-2-4-7-5-3-6;/h7H,2-5H2,1H3;/q-1;. The van der Waals surface area contributed by atoms with E-state index in [-0.39, 0.29) is 32.7 Å². The Morgan fingerprint density at radius 1 is 1.25 bits per heavy atom. The van der Waals surface area contributed by atoms with Gasteiger partial charge in [-0.05, 0) is 13.1 Å². The zero-order valence-corrected chi connectivity index (χ0v) is 8.24. The van der Waals surface area contributed by atoms with Crippen LogP contribution in [0.15, 0.2) is 0 Å². The Morgan fingerprint density at radius 2 is 1.75 bits per heavy atom. The van der Waals surface area contributed by atoms with E-state index in [4.69, 9.17) is 0 Å². The Morgan fingerprint density at radius 3 is 2.00 bits per heavy atom. The molecule has 0 aromatic heterocycles. The summed E-state index contributed by atoms with van der Waals surface area (Å²) in [6.45, 7) is 4.64. The molecule has 1 heterocycles. The van der Waals surface area contributed by atoms with Crippen LogP contribution in [0.1, 0.15) is 19.8 Å². The summed E-state index contributed by atoms with van der Waals surface area (Å²) in [5.41, 5.74) is 0. The third-order valence-corrected chi connectivity index (χ3v) is 1.46. The van der Waals surface area contributed by atoms with Gasteiger partial charge in [-0.1, -0.05) is 0 Å². The molecule has 1 fully saturated rings. The van der Waals surface area contributed by atoms with Gasteiger partial charge in [0, 0.05) is 32.7 Å². The molecule has 1 rings (SSSR count). The van der Waals surface area contributed by atoms with Crippen molar-refractivity contribution in [2.75, 3.05) is 13.1 Å². The molecule has 1 aliphatic heterocycles. The third-order valence-electron chi connectivity index (χ3n) is 1.46. The summed E-state index contributed by atoms with van der Waals surface area (Å²) >= 11 is 0. The molecule has 0 unspecified atom stereocenters. The summed E-state index contributed by atoms with van der Waals surface area (Å²) in [4.78, 5) is 0. The van der Waals surface area contributed by atoms with Gasteiger partial charge in [0.25, 0.3) is 0 Å². The van der Waals surface area contributed by atoms with Crippen molar-refractivity contribution in [3.05, 3.63) is 5.92 Å². The summed E-state index contributed by atoms with van der Waals surface area (Å²) in [6, 6.07) is 0. The third kappa shape index (κ3) is 3.16. The molecule has 0 aromatic carbocycles. The fourth-order valence-electron chi connectivity index (χ4n) is 0.854. The van der Waals surface area contributed by atoms with Crippen molar-refractivity contribution in [1.82, 2.24) is 5.32 Å². The van der Waals surface area contributed by atoms with Crippen LogP contribution in [0, 0.1) is 5.92 Å². The molecule has 0 bridgehead atoms. The second kappa shape index (κ2) is 4.90. The van der Waals surface area contributed by atoms with Gasteiger partial charge in [-0.3, -0.25) is 0 Å². The van der Waals surface area contributed by atoms with Gasteiger partial charge in [0.2, 0.25) is 0 Å². The van der Waals surface area contributed by atoms with E-state index in [1.165, 1.54) is 25.9 Å². The maximum Gasteiger partial charge on any atom is 0 e. The summed E-state index contributed by atoms with van der Waals surface area (Å²) in [5, 5.41) is 3.29. The molecule has 1 saturated heterocycles. The fraction of sp³-hybridized carbons (Fsp3) is 0.833. The van der Waals surface area contributed by atoms with Gasteiger partial charge in [0.1, 0.15) is 0 Å². The van der Waals surface area contributed by atoms with Crippen molar-refractivity contribution in [1.29, 1.82) is 0 Å². The molecule has 2 heteroatoms. The molecule has 8 heavy (non-hydrogen) atoms.